The third-order valence-corrected chi connectivity index (χ3v) is 15.5. The third-order valence-electron chi connectivity index (χ3n) is 9.41. The Bertz CT molecular complexity index is 1530. The quantitative estimate of drug-likeness (QED) is 0.0266. The van der Waals surface area contributed by atoms with Crippen LogP contribution in [0.25, 0.3) is 6.08 Å². The summed E-state index contributed by atoms with van der Waals surface area (Å²) in [4.78, 5) is 40.4. The number of aryl methyl sites for hydroxylation is 1. The van der Waals surface area contributed by atoms with Crippen LogP contribution in [0.5, 0.6) is 0 Å². The fourth-order valence-electron chi connectivity index (χ4n) is 6.89. The second kappa shape index (κ2) is 19.5. The molecule has 0 N–H and O–H groups in total. The van der Waals surface area contributed by atoms with Crippen LogP contribution in [0.3, 0.4) is 0 Å². The van der Waals surface area contributed by atoms with E-state index in [0.29, 0.717) is 5.89 Å². The summed E-state index contributed by atoms with van der Waals surface area (Å²) < 4.78 is 24.8. The lowest BCUT2D eigenvalue weighted by atomic mass is 9.88. The van der Waals surface area contributed by atoms with Crippen molar-refractivity contribution in [2.75, 3.05) is 7.11 Å². The molecule has 0 amide bonds. The van der Waals surface area contributed by atoms with E-state index in [1.807, 2.05) is 52.0 Å². The number of esters is 1. The summed E-state index contributed by atoms with van der Waals surface area (Å²) in [6.45, 7) is 22.8. The van der Waals surface area contributed by atoms with Gasteiger partial charge in [0.05, 0.1) is 22.7 Å². The zero-order valence-corrected chi connectivity index (χ0v) is 32.8. The maximum absolute atomic E-state index is 13.6. The van der Waals surface area contributed by atoms with E-state index in [-0.39, 0.29) is 40.2 Å². The molecule has 0 saturated heterocycles. The minimum absolute atomic E-state index is 0.124. The van der Waals surface area contributed by atoms with Crippen molar-refractivity contribution in [1.82, 2.24) is 4.98 Å². The molecule has 2 aromatic rings. The van der Waals surface area contributed by atoms with Gasteiger partial charge in [-0.3, -0.25) is 14.9 Å². The maximum atomic E-state index is 13.6. The average molecular weight is 709 g/mol. The van der Waals surface area contributed by atoms with E-state index in [9.17, 15) is 19.7 Å². The first kappa shape index (κ1) is 42.2. The van der Waals surface area contributed by atoms with E-state index in [0.717, 1.165) is 28.7 Å². The number of ether oxygens (including phenoxy) is 2. The number of carbonyl (C=O) groups is 2. The molecule has 0 aliphatic rings. The molecule has 50 heavy (non-hydrogen) atoms. The van der Waals surface area contributed by atoms with Gasteiger partial charge in [0.2, 0.25) is 8.32 Å². The number of benzene rings is 1. The Balaban J connectivity index is 2.57. The van der Waals surface area contributed by atoms with Crippen molar-refractivity contribution >= 4 is 32.3 Å². The number of aldehydes is 1. The van der Waals surface area contributed by atoms with Gasteiger partial charge >= 0.3 is 5.97 Å². The highest BCUT2D eigenvalue weighted by atomic mass is 28.4. The lowest BCUT2D eigenvalue weighted by Crippen LogP contribution is -2.51. The highest BCUT2D eigenvalue weighted by molar-refractivity contribution is 6.77. The third kappa shape index (κ3) is 11.3. The van der Waals surface area contributed by atoms with Gasteiger partial charge in [0, 0.05) is 38.5 Å². The number of non-ortho nitro benzene ring substituents is 1. The zero-order valence-electron chi connectivity index (χ0n) is 31.8. The minimum atomic E-state index is -2.45. The molecule has 0 unspecified atom stereocenters. The number of nitrogens with zero attached hydrogens (tertiary/aromatic N) is 2. The van der Waals surface area contributed by atoms with Gasteiger partial charge in [-0.05, 0) is 78.4 Å². The normalized spacial score (nSPS) is 15.9. The number of nitro benzene ring substituents is 1. The van der Waals surface area contributed by atoms with E-state index >= 15 is 0 Å². The largest absolute Gasteiger partial charge is 0.458 e. The second-order valence-electron chi connectivity index (χ2n) is 13.9. The number of carbonyl (C=O) groups excluding carboxylic acids is 2. The average Bonchev–Trinajstić information content (AvgIpc) is 3.45. The van der Waals surface area contributed by atoms with Gasteiger partial charge in [0.25, 0.3) is 5.69 Å². The predicted octanol–water partition coefficient (Wildman–Crippen LogP) is 9.77. The summed E-state index contributed by atoms with van der Waals surface area (Å²) >= 11 is 0. The van der Waals surface area contributed by atoms with Crippen LogP contribution < -0.4 is 0 Å². The van der Waals surface area contributed by atoms with Crippen LogP contribution in [-0.2, 0) is 18.7 Å². The summed E-state index contributed by atoms with van der Waals surface area (Å²) in [6, 6.07) is 5.34. The summed E-state index contributed by atoms with van der Waals surface area (Å²) in [5, 5.41) is 11.2. The van der Waals surface area contributed by atoms with Gasteiger partial charge in [0.15, 0.2) is 5.89 Å². The topological polar surface area (TPSA) is 131 Å². The lowest BCUT2D eigenvalue weighted by Gasteiger charge is -2.45. The standard InChI is InChI=1S/C39H56N2O8Si/c1-25(2)50(26(3)4,27(5)6)49-36(29(8)20-21-42)23-37(48-39(43)33-16-18-35(19-17-33)41(44)45)31(10)38(46-12)30(9)15-13-14-28(7)22-34-24-47-32(11)40-34/h13-22,24-27,31,36-38H,23H2,1-12H3/b14-13+,28-22+,29-20+,30-15+/t31-,36-,37-,38-/m0/s1. The number of oxazole rings is 1. The molecule has 0 saturated carbocycles. The molecule has 1 heterocycles. The van der Waals surface area contributed by atoms with Gasteiger partial charge in [-0.15, -0.1) is 0 Å². The minimum Gasteiger partial charge on any atom is -0.458 e. The molecule has 0 bridgehead atoms. The number of allylic oxidation sites excluding steroid dienone is 5. The van der Waals surface area contributed by atoms with Gasteiger partial charge < -0.3 is 18.3 Å². The van der Waals surface area contributed by atoms with Crippen LogP contribution in [0.4, 0.5) is 5.69 Å². The molecule has 10 nitrogen and oxygen atoms in total. The fraction of sp³-hybridized carbons (Fsp3) is 0.513. The predicted molar refractivity (Wildman–Crippen MR) is 200 cm³/mol. The van der Waals surface area contributed by atoms with Crippen molar-refractivity contribution in [3.8, 4) is 0 Å². The monoisotopic (exact) mass is 708 g/mol. The van der Waals surface area contributed by atoms with Crippen LogP contribution in [0, 0.1) is 23.0 Å². The van der Waals surface area contributed by atoms with Crippen molar-refractivity contribution < 1.29 is 32.8 Å². The van der Waals surface area contributed by atoms with Crippen molar-refractivity contribution in [3.05, 3.63) is 98.8 Å². The maximum Gasteiger partial charge on any atom is 0.338 e. The lowest BCUT2D eigenvalue weighted by molar-refractivity contribution is -0.384. The van der Waals surface area contributed by atoms with Crippen molar-refractivity contribution in [2.45, 2.75) is 118 Å². The number of hydrogen-bond donors (Lipinski definition) is 0. The van der Waals surface area contributed by atoms with E-state index in [4.69, 9.17) is 18.3 Å². The molecule has 1 aromatic heterocycles. The smallest absolute Gasteiger partial charge is 0.338 e. The van der Waals surface area contributed by atoms with Gasteiger partial charge in [-0.1, -0.05) is 66.7 Å². The van der Waals surface area contributed by atoms with E-state index in [2.05, 4.69) is 46.5 Å². The molecule has 2 rings (SSSR count). The summed E-state index contributed by atoms with van der Waals surface area (Å²) in [5.41, 5.74) is 4.27. The molecule has 0 spiro atoms. The molecule has 11 heteroatoms. The Morgan fingerprint density at radius 2 is 1.58 bits per heavy atom. The Morgan fingerprint density at radius 3 is 2.06 bits per heavy atom. The molecule has 0 fully saturated rings. The van der Waals surface area contributed by atoms with Crippen molar-refractivity contribution in [3.63, 3.8) is 0 Å². The second-order valence-corrected chi connectivity index (χ2v) is 19.3. The van der Waals surface area contributed by atoms with Gasteiger partial charge in [-0.25, -0.2) is 9.78 Å². The molecule has 274 valence electrons. The summed E-state index contributed by atoms with van der Waals surface area (Å²) in [7, 11) is -0.826. The first-order valence-electron chi connectivity index (χ1n) is 17.2. The van der Waals surface area contributed by atoms with Crippen molar-refractivity contribution in [2.24, 2.45) is 5.92 Å². The number of nitro groups is 1. The Morgan fingerprint density at radius 1 is 0.980 bits per heavy atom. The SMILES string of the molecule is CO[C@@H](/C(C)=C/C=C/C(C)=C/c1coc(C)n1)[C@@H](C)[C@H](C[C@H](O[Si](C(C)C)(C(C)C)C(C)C)/C(C)=C/C=O)OC(=O)c1ccc([N+](=O)[O-])cc1. The Kier molecular flexibility index (Phi) is 16.4. The molecule has 1 aromatic carbocycles. The molecule has 0 aliphatic carbocycles. The highest BCUT2D eigenvalue weighted by Gasteiger charge is 2.47. The van der Waals surface area contributed by atoms with Gasteiger partial charge in [0.1, 0.15) is 24.3 Å². The summed E-state index contributed by atoms with van der Waals surface area (Å²) in [5.74, 6) is -0.378. The number of rotatable bonds is 19. The molecule has 4 atom stereocenters. The van der Waals surface area contributed by atoms with Crippen LogP contribution in [-0.4, -0.2) is 55.9 Å². The molecule has 0 radical (unpaired) electrons. The molecule has 0 aliphatic heterocycles. The van der Waals surface area contributed by atoms with Gasteiger partial charge in [-0.2, -0.15) is 0 Å². The fourth-order valence-corrected chi connectivity index (χ4v) is 12.5. The first-order valence-corrected chi connectivity index (χ1v) is 19.4. The van der Waals surface area contributed by atoms with Crippen molar-refractivity contribution in [1.29, 1.82) is 0 Å². The highest BCUT2D eigenvalue weighted by Crippen LogP contribution is 2.44. The number of methoxy groups -OCH3 is 1. The van der Waals surface area contributed by atoms with Crippen LogP contribution in [0.2, 0.25) is 16.6 Å². The van der Waals surface area contributed by atoms with E-state index in [1.54, 1.807) is 20.3 Å². The number of hydrogen-bond acceptors (Lipinski definition) is 9. The Labute approximate surface area is 299 Å². The van der Waals surface area contributed by atoms with Crippen LogP contribution in [0.15, 0.2) is 76.0 Å². The number of aromatic nitrogens is 1. The van der Waals surface area contributed by atoms with Crippen LogP contribution >= 0.6 is 0 Å². The zero-order chi connectivity index (χ0) is 37.8. The molecular weight excluding hydrogens is 653 g/mol. The van der Waals surface area contributed by atoms with Crippen LogP contribution in [0.1, 0.15) is 97.6 Å². The van der Waals surface area contributed by atoms with E-state index < -0.39 is 37.5 Å². The first-order chi connectivity index (χ1) is 23.5. The van der Waals surface area contributed by atoms with E-state index in [1.165, 1.54) is 30.3 Å². The molecular formula is C39H56N2O8Si. The summed E-state index contributed by atoms with van der Waals surface area (Å²) in [6.07, 6.45) is 10.3. The Hall–Kier alpha value is -3.93.